The number of hydrogen-bond donors (Lipinski definition) is 0. The first-order valence-corrected chi connectivity index (χ1v) is 8.34. The molecule has 0 unspecified atom stereocenters. The molecule has 0 spiro atoms. The summed E-state index contributed by atoms with van der Waals surface area (Å²) < 4.78 is 6.20. The average molecular weight is 371 g/mol. The second-order valence-electron chi connectivity index (χ2n) is 6.27. The van der Waals surface area contributed by atoms with E-state index in [1.54, 1.807) is 4.90 Å². The Bertz CT molecular complexity index is 537. The molecular weight excluding hydrogens is 348 g/mol. The van der Waals surface area contributed by atoms with Crippen molar-refractivity contribution in [3.05, 3.63) is 16.5 Å². The fourth-order valence-electron chi connectivity index (χ4n) is 2.22. The lowest BCUT2D eigenvalue weighted by molar-refractivity contribution is 0.0240. The highest BCUT2D eigenvalue weighted by atomic mass is 79.9. The molecule has 22 heavy (non-hydrogen) atoms. The van der Waals surface area contributed by atoms with Gasteiger partial charge in [-0.25, -0.2) is 14.8 Å². The van der Waals surface area contributed by atoms with Crippen LogP contribution in [-0.2, 0) is 11.2 Å². The van der Waals surface area contributed by atoms with Crippen LogP contribution >= 0.6 is 15.9 Å². The van der Waals surface area contributed by atoms with Gasteiger partial charge in [0.15, 0.2) is 0 Å². The maximum absolute atomic E-state index is 12.1. The average Bonchev–Trinajstić information content (AvgIpc) is 2.45. The van der Waals surface area contributed by atoms with Gasteiger partial charge >= 0.3 is 6.09 Å². The van der Waals surface area contributed by atoms with Crippen molar-refractivity contribution in [1.82, 2.24) is 14.9 Å². The SMILES string of the molecule is CCc1nc(Br)cc(N2CCN(C(=O)OC(C)(C)C)CC2)n1. The van der Waals surface area contributed by atoms with Gasteiger partial charge in [0.25, 0.3) is 0 Å². The van der Waals surface area contributed by atoms with Gasteiger partial charge < -0.3 is 14.5 Å². The highest BCUT2D eigenvalue weighted by Crippen LogP contribution is 2.19. The van der Waals surface area contributed by atoms with Gasteiger partial charge in [-0.2, -0.15) is 0 Å². The zero-order chi connectivity index (χ0) is 16.3. The number of aromatic nitrogens is 2. The predicted molar refractivity (Wildman–Crippen MR) is 89.1 cm³/mol. The molecule has 0 N–H and O–H groups in total. The minimum Gasteiger partial charge on any atom is -0.444 e. The van der Waals surface area contributed by atoms with Crippen molar-refractivity contribution in [2.45, 2.75) is 39.7 Å². The summed E-state index contributed by atoms with van der Waals surface area (Å²) in [4.78, 5) is 24.9. The number of amides is 1. The van der Waals surface area contributed by atoms with Crippen molar-refractivity contribution in [1.29, 1.82) is 0 Å². The standard InChI is InChI=1S/C15H23BrN4O2/c1-5-12-17-11(16)10-13(18-12)19-6-8-20(9-7-19)14(21)22-15(2,3)4/h10H,5-9H2,1-4H3. The summed E-state index contributed by atoms with van der Waals surface area (Å²) in [5.74, 6) is 1.72. The van der Waals surface area contributed by atoms with Crippen LogP contribution in [0.5, 0.6) is 0 Å². The van der Waals surface area contributed by atoms with Gasteiger partial charge in [0.1, 0.15) is 21.8 Å². The largest absolute Gasteiger partial charge is 0.444 e. The number of carbonyl (C=O) groups excluding carboxylic acids is 1. The second kappa shape index (κ2) is 6.81. The van der Waals surface area contributed by atoms with E-state index in [4.69, 9.17) is 4.74 Å². The molecule has 122 valence electrons. The van der Waals surface area contributed by atoms with Crippen molar-refractivity contribution in [3.63, 3.8) is 0 Å². The number of halogens is 1. The van der Waals surface area contributed by atoms with E-state index in [2.05, 4.69) is 30.8 Å². The Morgan fingerprint density at radius 3 is 2.45 bits per heavy atom. The molecular formula is C15H23BrN4O2. The highest BCUT2D eigenvalue weighted by Gasteiger charge is 2.26. The molecule has 1 saturated heterocycles. The van der Waals surface area contributed by atoms with E-state index < -0.39 is 5.60 Å². The summed E-state index contributed by atoms with van der Waals surface area (Å²) in [6.07, 6.45) is 0.551. The number of anilines is 1. The molecule has 2 heterocycles. The maximum Gasteiger partial charge on any atom is 0.410 e. The predicted octanol–water partition coefficient (Wildman–Crippen LogP) is 2.86. The Balaban J connectivity index is 1.97. The Hall–Kier alpha value is -1.37. The summed E-state index contributed by atoms with van der Waals surface area (Å²) in [7, 11) is 0. The van der Waals surface area contributed by atoms with E-state index in [1.165, 1.54) is 0 Å². The first-order chi connectivity index (χ1) is 10.3. The Kier molecular flexibility index (Phi) is 5.26. The molecule has 6 nitrogen and oxygen atoms in total. The molecule has 7 heteroatoms. The third kappa shape index (κ3) is 4.56. The van der Waals surface area contributed by atoms with Crippen LogP contribution in [0, 0.1) is 0 Å². The summed E-state index contributed by atoms with van der Waals surface area (Å²) >= 11 is 3.43. The van der Waals surface area contributed by atoms with Crippen LogP contribution in [-0.4, -0.2) is 52.7 Å². The number of nitrogens with zero attached hydrogens (tertiary/aromatic N) is 4. The molecule has 1 aromatic rings. The third-order valence-corrected chi connectivity index (χ3v) is 3.71. The smallest absolute Gasteiger partial charge is 0.410 e. The van der Waals surface area contributed by atoms with E-state index in [9.17, 15) is 4.79 Å². The van der Waals surface area contributed by atoms with Crippen molar-refractivity contribution in [2.24, 2.45) is 0 Å². The highest BCUT2D eigenvalue weighted by molar-refractivity contribution is 9.10. The maximum atomic E-state index is 12.1. The number of aryl methyl sites for hydroxylation is 1. The van der Waals surface area contributed by atoms with Gasteiger partial charge in [-0.15, -0.1) is 0 Å². The molecule has 0 radical (unpaired) electrons. The fraction of sp³-hybridized carbons (Fsp3) is 0.667. The molecule has 1 aromatic heterocycles. The molecule has 0 bridgehead atoms. The number of rotatable bonds is 2. The summed E-state index contributed by atoms with van der Waals surface area (Å²) in [6, 6.07) is 1.92. The van der Waals surface area contributed by atoms with Crippen LogP contribution < -0.4 is 4.90 Å². The lowest BCUT2D eigenvalue weighted by Crippen LogP contribution is -2.50. The minimum atomic E-state index is -0.457. The van der Waals surface area contributed by atoms with E-state index in [0.29, 0.717) is 13.1 Å². The second-order valence-corrected chi connectivity index (χ2v) is 7.09. The first-order valence-electron chi connectivity index (χ1n) is 7.55. The molecule has 0 aliphatic carbocycles. The van der Waals surface area contributed by atoms with Crippen LogP contribution in [0.3, 0.4) is 0 Å². The number of piperazine rings is 1. The van der Waals surface area contributed by atoms with E-state index in [1.807, 2.05) is 33.8 Å². The minimum absolute atomic E-state index is 0.245. The molecule has 1 aliphatic heterocycles. The van der Waals surface area contributed by atoms with Gasteiger partial charge in [-0.3, -0.25) is 0 Å². The van der Waals surface area contributed by atoms with Crippen molar-refractivity contribution < 1.29 is 9.53 Å². The quantitative estimate of drug-likeness (QED) is 0.749. The monoisotopic (exact) mass is 370 g/mol. The van der Waals surface area contributed by atoms with Crippen LogP contribution in [0.2, 0.25) is 0 Å². The summed E-state index contributed by atoms with van der Waals surface area (Å²) in [5.41, 5.74) is -0.457. The molecule has 0 saturated carbocycles. The van der Waals surface area contributed by atoms with Gasteiger partial charge in [0.2, 0.25) is 0 Å². The number of hydrogen-bond acceptors (Lipinski definition) is 5. The van der Waals surface area contributed by atoms with Gasteiger partial charge in [0, 0.05) is 38.7 Å². The lowest BCUT2D eigenvalue weighted by Gasteiger charge is -2.36. The van der Waals surface area contributed by atoms with Crippen molar-refractivity contribution >= 4 is 27.8 Å². The zero-order valence-electron chi connectivity index (χ0n) is 13.6. The Morgan fingerprint density at radius 2 is 1.91 bits per heavy atom. The van der Waals surface area contributed by atoms with Crippen LogP contribution in [0.15, 0.2) is 10.7 Å². The molecule has 0 atom stereocenters. The zero-order valence-corrected chi connectivity index (χ0v) is 15.2. The molecule has 0 aromatic carbocycles. The number of carbonyl (C=O) groups is 1. The number of ether oxygens (including phenoxy) is 1. The topological polar surface area (TPSA) is 58.6 Å². The van der Waals surface area contributed by atoms with Crippen molar-refractivity contribution in [3.8, 4) is 0 Å². The van der Waals surface area contributed by atoms with Crippen LogP contribution in [0.1, 0.15) is 33.5 Å². The molecule has 1 fully saturated rings. The van der Waals surface area contributed by atoms with E-state index in [0.717, 1.165) is 35.8 Å². The van der Waals surface area contributed by atoms with Crippen LogP contribution in [0.4, 0.5) is 10.6 Å². The van der Waals surface area contributed by atoms with Crippen molar-refractivity contribution in [2.75, 3.05) is 31.1 Å². The summed E-state index contributed by atoms with van der Waals surface area (Å²) in [6.45, 7) is 10.4. The molecule has 1 aliphatic rings. The summed E-state index contributed by atoms with van der Waals surface area (Å²) in [5, 5.41) is 0. The van der Waals surface area contributed by atoms with E-state index in [-0.39, 0.29) is 6.09 Å². The Labute approximate surface area is 140 Å². The van der Waals surface area contributed by atoms with Gasteiger partial charge in [-0.05, 0) is 36.7 Å². The molecule has 1 amide bonds. The fourth-order valence-corrected chi connectivity index (χ4v) is 2.63. The normalized spacial score (nSPS) is 15.9. The molecule has 2 rings (SSSR count). The van der Waals surface area contributed by atoms with E-state index >= 15 is 0 Å². The first kappa shape index (κ1) is 17.0. The van der Waals surface area contributed by atoms with Crippen LogP contribution in [0.25, 0.3) is 0 Å². The Morgan fingerprint density at radius 1 is 1.27 bits per heavy atom. The lowest BCUT2D eigenvalue weighted by atomic mass is 10.2. The third-order valence-electron chi connectivity index (χ3n) is 3.30. The van der Waals surface area contributed by atoms with Gasteiger partial charge in [0.05, 0.1) is 0 Å². The van der Waals surface area contributed by atoms with Gasteiger partial charge in [-0.1, -0.05) is 6.92 Å².